The molecule has 3 aromatic rings. The van der Waals surface area contributed by atoms with Crippen LogP contribution in [0.2, 0.25) is 0 Å². The molecule has 0 amide bonds. The quantitative estimate of drug-likeness (QED) is 0.176. The van der Waals surface area contributed by atoms with Gasteiger partial charge in [-0.25, -0.2) is 8.78 Å². The van der Waals surface area contributed by atoms with Crippen molar-refractivity contribution in [3.05, 3.63) is 93.2 Å². The first-order valence-corrected chi connectivity index (χ1v) is 10.9. The van der Waals surface area contributed by atoms with Crippen LogP contribution in [0.25, 0.3) is 6.08 Å². The van der Waals surface area contributed by atoms with Crippen LogP contribution >= 0.6 is 11.3 Å². The molecule has 33 heavy (non-hydrogen) atoms. The average molecular weight is 479 g/mol. The third-order valence-corrected chi connectivity index (χ3v) is 5.83. The predicted molar refractivity (Wildman–Crippen MR) is 121 cm³/mol. The van der Waals surface area contributed by atoms with E-state index in [0.29, 0.717) is 21.8 Å². The lowest BCUT2D eigenvalue weighted by Gasteiger charge is -2.16. The zero-order valence-corrected chi connectivity index (χ0v) is 18.6. The molecule has 0 fully saturated rings. The molecule has 0 bridgehead atoms. The standard InChI is InChI=1S/C25H22F4O3S/c1-31-22-11-8-18(13-19(22)15-32-16-25(28,29)24(26)27)7-10-21(30)23-12-9-20(33-23)14-17-5-3-2-4-6-17/h2-13,24H,14-16H2,1H3/b10-7+. The molecule has 1 heterocycles. The highest BCUT2D eigenvalue weighted by atomic mass is 32.1. The number of ketones is 1. The summed E-state index contributed by atoms with van der Waals surface area (Å²) >= 11 is 1.42. The highest BCUT2D eigenvalue weighted by Crippen LogP contribution is 2.26. The Morgan fingerprint density at radius 2 is 1.85 bits per heavy atom. The molecule has 0 atom stereocenters. The van der Waals surface area contributed by atoms with E-state index in [2.05, 4.69) is 0 Å². The molecule has 2 aromatic carbocycles. The van der Waals surface area contributed by atoms with Crippen LogP contribution in [-0.2, 0) is 17.8 Å². The van der Waals surface area contributed by atoms with Crippen molar-refractivity contribution in [3.8, 4) is 5.75 Å². The number of hydrogen-bond acceptors (Lipinski definition) is 4. The van der Waals surface area contributed by atoms with Crippen molar-refractivity contribution in [2.24, 2.45) is 0 Å². The van der Waals surface area contributed by atoms with Crippen molar-refractivity contribution in [1.29, 1.82) is 0 Å². The minimum atomic E-state index is -4.22. The Kier molecular flexibility index (Phi) is 8.41. The number of rotatable bonds is 11. The zero-order chi connectivity index (χ0) is 23.8. The monoisotopic (exact) mass is 478 g/mol. The second kappa shape index (κ2) is 11.2. The molecule has 0 aliphatic rings. The lowest BCUT2D eigenvalue weighted by molar-refractivity contribution is -0.168. The van der Waals surface area contributed by atoms with E-state index >= 15 is 0 Å². The van der Waals surface area contributed by atoms with Gasteiger partial charge in [-0.2, -0.15) is 8.78 Å². The number of allylic oxidation sites excluding steroid dienone is 1. The molecule has 0 spiro atoms. The van der Waals surface area contributed by atoms with Crippen LogP contribution in [0.4, 0.5) is 17.6 Å². The summed E-state index contributed by atoms with van der Waals surface area (Å²) in [4.78, 5) is 14.2. The fourth-order valence-electron chi connectivity index (χ4n) is 3.03. The van der Waals surface area contributed by atoms with Crippen molar-refractivity contribution in [2.45, 2.75) is 25.4 Å². The van der Waals surface area contributed by atoms with Gasteiger partial charge in [-0.3, -0.25) is 4.79 Å². The van der Waals surface area contributed by atoms with Gasteiger partial charge in [-0.05, 0) is 41.5 Å². The maximum Gasteiger partial charge on any atom is 0.330 e. The number of ether oxygens (including phenoxy) is 2. The van der Waals surface area contributed by atoms with Crippen molar-refractivity contribution in [3.63, 3.8) is 0 Å². The molecular formula is C25H22F4O3S. The highest BCUT2D eigenvalue weighted by Gasteiger charge is 2.41. The summed E-state index contributed by atoms with van der Waals surface area (Å²) in [7, 11) is 1.40. The lowest BCUT2D eigenvalue weighted by atomic mass is 10.1. The first-order valence-electron chi connectivity index (χ1n) is 10.0. The molecule has 0 aliphatic heterocycles. The molecular weight excluding hydrogens is 456 g/mol. The van der Waals surface area contributed by atoms with Gasteiger partial charge in [-0.1, -0.05) is 42.5 Å². The Morgan fingerprint density at radius 1 is 1.09 bits per heavy atom. The number of hydrogen-bond donors (Lipinski definition) is 0. The maximum absolute atomic E-state index is 13.1. The van der Waals surface area contributed by atoms with Gasteiger partial charge in [0.1, 0.15) is 12.4 Å². The number of thiophene rings is 1. The second-order valence-corrected chi connectivity index (χ2v) is 8.42. The molecule has 1 aromatic heterocycles. The van der Waals surface area contributed by atoms with E-state index in [1.54, 1.807) is 30.3 Å². The first kappa shape index (κ1) is 24.7. The van der Waals surface area contributed by atoms with E-state index in [1.807, 2.05) is 36.4 Å². The Hall–Kier alpha value is -2.97. The fraction of sp³-hybridized carbons (Fsp3) is 0.240. The van der Waals surface area contributed by atoms with E-state index in [0.717, 1.165) is 16.9 Å². The van der Waals surface area contributed by atoms with Crippen molar-refractivity contribution in [1.82, 2.24) is 0 Å². The largest absolute Gasteiger partial charge is 0.496 e. The fourth-order valence-corrected chi connectivity index (χ4v) is 3.99. The van der Waals surface area contributed by atoms with Gasteiger partial charge in [-0.15, -0.1) is 11.3 Å². The third-order valence-electron chi connectivity index (χ3n) is 4.73. The van der Waals surface area contributed by atoms with Crippen LogP contribution in [0, 0.1) is 0 Å². The lowest BCUT2D eigenvalue weighted by Crippen LogP contribution is -2.32. The molecule has 3 nitrogen and oxygen atoms in total. The SMILES string of the molecule is COc1ccc(/C=C/C(=O)c2ccc(Cc3ccccc3)s2)cc1COCC(F)(F)C(F)F. The molecule has 0 radical (unpaired) electrons. The van der Waals surface area contributed by atoms with Gasteiger partial charge in [0.2, 0.25) is 0 Å². The molecule has 0 unspecified atom stereocenters. The summed E-state index contributed by atoms with van der Waals surface area (Å²) in [6, 6.07) is 18.5. The van der Waals surface area contributed by atoms with Crippen LogP contribution in [0.5, 0.6) is 5.75 Å². The summed E-state index contributed by atoms with van der Waals surface area (Å²) in [5.41, 5.74) is 2.18. The zero-order valence-electron chi connectivity index (χ0n) is 17.8. The summed E-state index contributed by atoms with van der Waals surface area (Å²) in [5, 5.41) is 0. The van der Waals surface area contributed by atoms with E-state index in [-0.39, 0.29) is 12.4 Å². The normalized spacial score (nSPS) is 11.9. The van der Waals surface area contributed by atoms with Gasteiger partial charge in [0.25, 0.3) is 0 Å². The second-order valence-electron chi connectivity index (χ2n) is 7.25. The molecule has 0 N–H and O–H groups in total. The van der Waals surface area contributed by atoms with E-state index in [4.69, 9.17) is 9.47 Å². The minimum Gasteiger partial charge on any atom is -0.496 e. The molecule has 8 heteroatoms. The number of alkyl halides is 4. The molecule has 0 saturated heterocycles. The highest BCUT2D eigenvalue weighted by molar-refractivity contribution is 7.14. The third kappa shape index (κ3) is 7.00. The molecule has 0 saturated carbocycles. The van der Waals surface area contributed by atoms with Gasteiger partial charge >= 0.3 is 12.3 Å². The van der Waals surface area contributed by atoms with Crippen molar-refractivity contribution < 1.29 is 31.8 Å². The van der Waals surface area contributed by atoms with Crippen LogP contribution < -0.4 is 4.74 Å². The van der Waals surface area contributed by atoms with Gasteiger partial charge in [0, 0.05) is 16.9 Å². The Morgan fingerprint density at radius 3 is 2.55 bits per heavy atom. The average Bonchev–Trinajstić information content (AvgIpc) is 3.26. The number of benzene rings is 2. The molecule has 3 rings (SSSR count). The number of methoxy groups -OCH3 is 1. The summed E-state index contributed by atoms with van der Waals surface area (Å²) < 4.78 is 60.6. The van der Waals surface area contributed by atoms with Crippen LogP contribution in [0.1, 0.15) is 31.2 Å². The Balaban J connectivity index is 1.64. The van der Waals surface area contributed by atoms with E-state index in [1.165, 1.54) is 24.5 Å². The topological polar surface area (TPSA) is 35.5 Å². The number of carbonyl (C=O) groups is 1. The first-order chi connectivity index (χ1) is 15.8. The Labute approximate surface area is 193 Å². The van der Waals surface area contributed by atoms with Gasteiger partial charge in [0.05, 0.1) is 18.6 Å². The van der Waals surface area contributed by atoms with Gasteiger partial charge in [0.15, 0.2) is 5.78 Å². The summed E-state index contributed by atoms with van der Waals surface area (Å²) in [6.45, 7) is -1.75. The predicted octanol–water partition coefficient (Wildman–Crippen LogP) is 6.66. The molecule has 174 valence electrons. The minimum absolute atomic E-state index is 0.162. The smallest absolute Gasteiger partial charge is 0.330 e. The summed E-state index contributed by atoms with van der Waals surface area (Å²) in [6.07, 6.45) is -0.0368. The summed E-state index contributed by atoms with van der Waals surface area (Å²) in [5.74, 6) is -4.02. The van der Waals surface area contributed by atoms with Crippen LogP contribution in [-0.4, -0.2) is 31.8 Å². The van der Waals surface area contributed by atoms with E-state index < -0.39 is 19.0 Å². The van der Waals surface area contributed by atoms with Crippen LogP contribution in [0.15, 0.2) is 66.7 Å². The number of halogens is 4. The van der Waals surface area contributed by atoms with Crippen LogP contribution in [0.3, 0.4) is 0 Å². The van der Waals surface area contributed by atoms with Crippen molar-refractivity contribution >= 4 is 23.2 Å². The maximum atomic E-state index is 13.1. The molecule has 0 aliphatic carbocycles. The number of carbonyl (C=O) groups excluding carboxylic acids is 1. The van der Waals surface area contributed by atoms with Crippen molar-refractivity contribution in [2.75, 3.05) is 13.7 Å². The Bertz CT molecular complexity index is 1090. The van der Waals surface area contributed by atoms with E-state index in [9.17, 15) is 22.4 Å². The van der Waals surface area contributed by atoms with Gasteiger partial charge < -0.3 is 9.47 Å².